The molecule has 1 N–H and O–H groups in total. The second-order valence-electron chi connectivity index (χ2n) is 7.74. The third-order valence-corrected chi connectivity index (χ3v) is 5.75. The van der Waals surface area contributed by atoms with Crippen LogP contribution in [0.3, 0.4) is 0 Å². The van der Waals surface area contributed by atoms with Gasteiger partial charge < -0.3 is 14.6 Å². The highest BCUT2D eigenvalue weighted by Gasteiger charge is 2.17. The highest BCUT2D eigenvalue weighted by atomic mass is 32.2. The molecule has 0 radical (unpaired) electrons. The van der Waals surface area contributed by atoms with E-state index in [0.29, 0.717) is 24.5 Å². The second kappa shape index (κ2) is 9.83. The molecule has 0 atom stereocenters. The number of amides is 1. The van der Waals surface area contributed by atoms with Gasteiger partial charge in [-0.15, -0.1) is 0 Å². The van der Waals surface area contributed by atoms with Crippen molar-refractivity contribution in [1.82, 2.24) is 19.9 Å². The number of benzene rings is 2. The third-order valence-electron chi connectivity index (χ3n) is 4.97. The standard InChI is InChI=1S/C24H24N4O4S/c1-33(30,31)17-23-27-21-6-2-3-7-22(21)28(23)15-24(29)26-14-18-8-10-20(11-9-18)32-16-19-5-4-12-25-13-19/h2-13H,14-17H2,1H3,(H,26,29). The summed E-state index contributed by atoms with van der Waals surface area (Å²) in [5.74, 6) is 0.619. The fourth-order valence-electron chi connectivity index (χ4n) is 3.40. The molecule has 0 saturated carbocycles. The summed E-state index contributed by atoms with van der Waals surface area (Å²) in [6, 6.07) is 18.6. The Morgan fingerprint density at radius 1 is 1.03 bits per heavy atom. The average molecular weight is 465 g/mol. The largest absolute Gasteiger partial charge is 0.489 e. The molecule has 33 heavy (non-hydrogen) atoms. The maximum absolute atomic E-state index is 12.6. The molecule has 0 fully saturated rings. The molecular formula is C24H24N4O4S. The zero-order valence-electron chi connectivity index (χ0n) is 18.1. The molecule has 0 aliphatic carbocycles. The van der Waals surface area contributed by atoms with E-state index in [1.165, 1.54) is 0 Å². The molecule has 4 rings (SSSR count). The molecule has 2 heterocycles. The molecular weight excluding hydrogens is 440 g/mol. The van der Waals surface area contributed by atoms with Crippen LogP contribution in [0.2, 0.25) is 0 Å². The summed E-state index contributed by atoms with van der Waals surface area (Å²) < 4.78 is 31.0. The highest BCUT2D eigenvalue weighted by Crippen LogP contribution is 2.18. The van der Waals surface area contributed by atoms with Crippen molar-refractivity contribution < 1.29 is 17.9 Å². The van der Waals surface area contributed by atoms with Gasteiger partial charge in [0.15, 0.2) is 9.84 Å². The van der Waals surface area contributed by atoms with Gasteiger partial charge in [0.1, 0.15) is 30.5 Å². The Kier molecular flexibility index (Phi) is 6.69. The Morgan fingerprint density at radius 3 is 2.55 bits per heavy atom. The van der Waals surface area contributed by atoms with E-state index < -0.39 is 9.84 Å². The van der Waals surface area contributed by atoms with Crippen LogP contribution in [-0.4, -0.2) is 35.1 Å². The number of pyridine rings is 1. The number of ether oxygens (including phenoxy) is 1. The predicted molar refractivity (Wildman–Crippen MR) is 125 cm³/mol. The Morgan fingerprint density at radius 2 is 1.82 bits per heavy atom. The van der Waals surface area contributed by atoms with Crippen molar-refractivity contribution in [3.8, 4) is 5.75 Å². The molecule has 0 bridgehead atoms. The minimum Gasteiger partial charge on any atom is -0.489 e. The van der Waals surface area contributed by atoms with E-state index in [0.717, 1.165) is 28.6 Å². The van der Waals surface area contributed by atoms with E-state index in [4.69, 9.17) is 4.74 Å². The molecule has 0 unspecified atom stereocenters. The first-order valence-corrected chi connectivity index (χ1v) is 12.4. The van der Waals surface area contributed by atoms with Crippen LogP contribution in [0, 0.1) is 0 Å². The summed E-state index contributed by atoms with van der Waals surface area (Å²) in [6.07, 6.45) is 4.63. The zero-order chi connectivity index (χ0) is 23.3. The van der Waals surface area contributed by atoms with Crippen LogP contribution >= 0.6 is 0 Å². The van der Waals surface area contributed by atoms with Crippen molar-refractivity contribution in [2.24, 2.45) is 0 Å². The van der Waals surface area contributed by atoms with Gasteiger partial charge in [-0.05, 0) is 35.9 Å². The lowest BCUT2D eigenvalue weighted by atomic mass is 10.2. The Bertz CT molecular complexity index is 1350. The number of aromatic nitrogens is 3. The Balaban J connectivity index is 1.37. The molecule has 0 saturated heterocycles. The van der Waals surface area contributed by atoms with E-state index in [-0.39, 0.29) is 18.2 Å². The van der Waals surface area contributed by atoms with E-state index in [9.17, 15) is 13.2 Å². The quantitative estimate of drug-likeness (QED) is 0.409. The van der Waals surface area contributed by atoms with Crippen molar-refractivity contribution in [3.63, 3.8) is 0 Å². The van der Waals surface area contributed by atoms with Gasteiger partial charge in [0.05, 0.1) is 11.0 Å². The molecule has 0 spiro atoms. The number of carbonyl (C=O) groups excluding carboxylic acids is 1. The van der Waals surface area contributed by atoms with Crippen molar-refractivity contribution in [2.45, 2.75) is 25.4 Å². The maximum atomic E-state index is 12.6. The Hall–Kier alpha value is -3.72. The molecule has 9 heteroatoms. The summed E-state index contributed by atoms with van der Waals surface area (Å²) in [5.41, 5.74) is 3.28. The van der Waals surface area contributed by atoms with Crippen LogP contribution in [0.4, 0.5) is 0 Å². The van der Waals surface area contributed by atoms with Crippen LogP contribution in [0.5, 0.6) is 5.75 Å². The van der Waals surface area contributed by atoms with Gasteiger partial charge in [-0.1, -0.05) is 30.3 Å². The summed E-state index contributed by atoms with van der Waals surface area (Å²) >= 11 is 0. The lowest BCUT2D eigenvalue weighted by Crippen LogP contribution is -2.28. The fourth-order valence-corrected chi connectivity index (χ4v) is 4.09. The van der Waals surface area contributed by atoms with Crippen molar-refractivity contribution in [3.05, 3.63) is 90.0 Å². The molecule has 0 aliphatic rings. The summed E-state index contributed by atoms with van der Waals surface area (Å²) in [6.45, 7) is 0.756. The van der Waals surface area contributed by atoms with Gasteiger partial charge in [-0.2, -0.15) is 0 Å². The van der Waals surface area contributed by atoms with Gasteiger partial charge in [0, 0.05) is 30.8 Å². The number of nitrogens with zero attached hydrogens (tertiary/aromatic N) is 3. The Labute approximate surface area is 192 Å². The number of hydrogen-bond acceptors (Lipinski definition) is 6. The molecule has 8 nitrogen and oxygen atoms in total. The molecule has 0 aliphatic heterocycles. The smallest absolute Gasteiger partial charge is 0.240 e. The van der Waals surface area contributed by atoms with Gasteiger partial charge in [-0.3, -0.25) is 9.78 Å². The number of imidazole rings is 1. The SMILES string of the molecule is CS(=O)(=O)Cc1nc2ccccc2n1CC(=O)NCc1ccc(OCc2cccnc2)cc1. The predicted octanol–water partition coefficient (Wildman–Crippen LogP) is 2.87. The van der Waals surface area contributed by atoms with Crippen molar-refractivity contribution in [2.75, 3.05) is 6.26 Å². The summed E-state index contributed by atoms with van der Waals surface area (Å²) in [5, 5.41) is 2.88. The number of hydrogen-bond donors (Lipinski definition) is 1. The first-order valence-electron chi connectivity index (χ1n) is 10.4. The fraction of sp³-hybridized carbons (Fsp3) is 0.208. The number of carbonyl (C=O) groups is 1. The van der Waals surface area contributed by atoms with Crippen molar-refractivity contribution >= 4 is 26.8 Å². The zero-order valence-corrected chi connectivity index (χ0v) is 19.0. The van der Waals surface area contributed by atoms with E-state index in [1.807, 2.05) is 54.6 Å². The third kappa shape index (κ3) is 6.17. The number of para-hydroxylation sites is 2. The van der Waals surface area contributed by atoms with Gasteiger partial charge in [-0.25, -0.2) is 13.4 Å². The van der Waals surface area contributed by atoms with E-state index >= 15 is 0 Å². The van der Waals surface area contributed by atoms with E-state index in [1.54, 1.807) is 23.0 Å². The van der Waals surface area contributed by atoms with Gasteiger partial charge >= 0.3 is 0 Å². The first-order chi connectivity index (χ1) is 15.9. The van der Waals surface area contributed by atoms with Crippen LogP contribution in [0.15, 0.2) is 73.1 Å². The van der Waals surface area contributed by atoms with Crippen LogP contribution < -0.4 is 10.1 Å². The van der Waals surface area contributed by atoms with E-state index in [2.05, 4.69) is 15.3 Å². The minimum absolute atomic E-state index is 0.0162. The average Bonchev–Trinajstić information content (AvgIpc) is 3.13. The maximum Gasteiger partial charge on any atom is 0.240 e. The monoisotopic (exact) mass is 464 g/mol. The number of rotatable bonds is 9. The number of sulfone groups is 1. The first kappa shape index (κ1) is 22.5. The lowest BCUT2D eigenvalue weighted by molar-refractivity contribution is -0.121. The molecule has 2 aromatic carbocycles. The topological polar surface area (TPSA) is 103 Å². The van der Waals surface area contributed by atoms with Gasteiger partial charge in [0.25, 0.3) is 0 Å². The summed E-state index contributed by atoms with van der Waals surface area (Å²) in [7, 11) is -3.30. The van der Waals surface area contributed by atoms with Gasteiger partial charge in [0.2, 0.25) is 5.91 Å². The molecule has 1 amide bonds. The van der Waals surface area contributed by atoms with Crippen LogP contribution in [0.25, 0.3) is 11.0 Å². The molecule has 170 valence electrons. The molecule has 2 aromatic heterocycles. The normalized spacial score (nSPS) is 11.4. The van der Waals surface area contributed by atoms with Crippen LogP contribution in [0.1, 0.15) is 17.0 Å². The second-order valence-corrected chi connectivity index (χ2v) is 9.88. The lowest BCUT2D eigenvalue weighted by Gasteiger charge is -2.11. The number of nitrogens with one attached hydrogen (secondary N) is 1. The van der Waals surface area contributed by atoms with Crippen molar-refractivity contribution in [1.29, 1.82) is 0 Å². The summed E-state index contributed by atoms with van der Waals surface area (Å²) in [4.78, 5) is 21.1. The van der Waals surface area contributed by atoms with Crippen LogP contribution in [-0.2, 0) is 40.1 Å². The number of fused-ring (bicyclic) bond motifs is 1. The molecule has 4 aromatic rings. The highest BCUT2D eigenvalue weighted by molar-refractivity contribution is 7.89. The minimum atomic E-state index is -3.30.